The van der Waals surface area contributed by atoms with E-state index in [1.54, 1.807) is 0 Å². The van der Waals surface area contributed by atoms with Gasteiger partial charge in [-0.05, 0) is 37.3 Å². The van der Waals surface area contributed by atoms with Gasteiger partial charge in [0.25, 0.3) is 0 Å². The number of carbonyl (C=O) groups excluding carboxylic acids is 1. The summed E-state index contributed by atoms with van der Waals surface area (Å²) in [7, 11) is 0. The highest BCUT2D eigenvalue weighted by molar-refractivity contribution is 5.77. The van der Waals surface area contributed by atoms with Gasteiger partial charge in [-0.2, -0.15) is 0 Å². The minimum absolute atomic E-state index is 0.152. The van der Waals surface area contributed by atoms with Crippen LogP contribution in [0.25, 0.3) is 0 Å². The molecule has 0 heterocycles. The number of hydrogen-bond donors (Lipinski definition) is 0. The molecule has 0 radical (unpaired) electrons. The van der Waals surface area contributed by atoms with E-state index in [4.69, 9.17) is 9.47 Å². The Morgan fingerprint density at radius 2 is 1.71 bits per heavy atom. The Hall–Kier alpha value is -2.39. The second-order valence-corrected chi connectivity index (χ2v) is 7.14. The van der Waals surface area contributed by atoms with Crippen molar-refractivity contribution in [3.63, 3.8) is 0 Å². The van der Waals surface area contributed by atoms with Crippen molar-refractivity contribution in [3.8, 4) is 0 Å². The van der Waals surface area contributed by atoms with Crippen molar-refractivity contribution in [2.75, 3.05) is 6.61 Å². The molecule has 0 unspecified atom stereocenters. The third kappa shape index (κ3) is 6.07. The summed E-state index contributed by atoms with van der Waals surface area (Å²) in [4.78, 5) is 13.0. The lowest BCUT2D eigenvalue weighted by Gasteiger charge is -2.34. The van der Waals surface area contributed by atoms with E-state index in [0.717, 1.165) is 24.0 Å². The van der Waals surface area contributed by atoms with E-state index in [-0.39, 0.29) is 12.1 Å². The molecule has 0 aromatic heterocycles. The lowest BCUT2D eigenvalue weighted by Crippen LogP contribution is -2.35. The van der Waals surface area contributed by atoms with Crippen molar-refractivity contribution in [2.45, 2.75) is 52.2 Å². The fraction of sp³-hybridized carbons (Fsp3) is 0.400. The molecule has 3 heteroatoms. The smallest absolute Gasteiger partial charge is 0.312 e. The summed E-state index contributed by atoms with van der Waals surface area (Å²) in [5.74, 6) is -0.152. The maximum absolute atomic E-state index is 13.0. The molecule has 0 fully saturated rings. The quantitative estimate of drug-likeness (QED) is 0.322. The van der Waals surface area contributed by atoms with Crippen LogP contribution in [0.2, 0.25) is 0 Å². The minimum atomic E-state index is -0.621. The summed E-state index contributed by atoms with van der Waals surface area (Å²) in [6.07, 6.45) is 4.42. The molecule has 0 amide bonds. The summed E-state index contributed by atoms with van der Waals surface area (Å²) in [5, 5.41) is 0. The molecule has 2 atom stereocenters. The summed E-state index contributed by atoms with van der Waals surface area (Å²) in [6, 6.07) is 20.2. The molecule has 2 rings (SSSR count). The first-order chi connectivity index (χ1) is 13.6. The fourth-order valence-corrected chi connectivity index (χ4v) is 3.66. The molecule has 0 aliphatic rings. The van der Waals surface area contributed by atoms with Gasteiger partial charge in [-0.25, -0.2) is 0 Å². The van der Waals surface area contributed by atoms with Crippen LogP contribution in [0.1, 0.15) is 56.8 Å². The van der Waals surface area contributed by atoms with E-state index in [0.29, 0.717) is 26.1 Å². The van der Waals surface area contributed by atoms with E-state index in [1.807, 2.05) is 49.4 Å². The molecule has 0 N–H and O–H groups in total. The van der Waals surface area contributed by atoms with Crippen molar-refractivity contribution in [3.05, 3.63) is 84.4 Å². The predicted molar refractivity (Wildman–Crippen MR) is 114 cm³/mol. The zero-order chi connectivity index (χ0) is 20.2. The topological polar surface area (TPSA) is 35.5 Å². The van der Waals surface area contributed by atoms with Gasteiger partial charge in [0.15, 0.2) is 0 Å². The van der Waals surface area contributed by atoms with Gasteiger partial charge in [0, 0.05) is 0 Å². The maximum atomic E-state index is 13.0. The fourth-order valence-electron chi connectivity index (χ4n) is 3.66. The largest absolute Gasteiger partial charge is 0.466 e. The Bertz CT molecular complexity index is 711. The van der Waals surface area contributed by atoms with Crippen molar-refractivity contribution in [1.82, 2.24) is 0 Å². The highest BCUT2D eigenvalue weighted by Crippen LogP contribution is 2.41. The molecule has 2 aromatic rings. The van der Waals surface area contributed by atoms with Gasteiger partial charge in [-0.15, -0.1) is 6.58 Å². The van der Waals surface area contributed by atoms with Crippen molar-refractivity contribution in [1.29, 1.82) is 0 Å². The molecule has 0 aliphatic heterocycles. The summed E-state index contributed by atoms with van der Waals surface area (Å²) < 4.78 is 11.8. The summed E-state index contributed by atoms with van der Waals surface area (Å²) in [5.41, 5.74) is 1.57. The van der Waals surface area contributed by atoms with E-state index < -0.39 is 5.41 Å². The van der Waals surface area contributed by atoms with Crippen LogP contribution < -0.4 is 0 Å². The molecule has 0 spiro atoms. The Morgan fingerprint density at radius 1 is 1.07 bits per heavy atom. The molecule has 150 valence electrons. The van der Waals surface area contributed by atoms with Crippen molar-refractivity contribution in [2.24, 2.45) is 5.41 Å². The van der Waals surface area contributed by atoms with Crippen LogP contribution in [0.15, 0.2) is 73.3 Å². The van der Waals surface area contributed by atoms with Crippen molar-refractivity contribution < 1.29 is 14.3 Å². The van der Waals surface area contributed by atoms with Crippen LogP contribution in [0.5, 0.6) is 0 Å². The molecular weight excluding hydrogens is 348 g/mol. The monoisotopic (exact) mass is 380 g/mol. The minimum Gasteiger partial charge on any atom is -0.466 e. The molecule has 0 saturated carbocycles. The first-order valence-corrected chi connectivity index (χ1v) is 10.1. The van der Waals surface area contributed by atoms with E-state index in [2.05, 4.69) is 37.8 Å². The number of ether oxygens (including phenoxy) is 2. The predicted octanol–water partition coefficient (Wildman–Crippen LogP) is 6.26. The third-order valence-electron chi connectivity index (χ3n) is 5.01. The number of carbonyl (C=O) groups is 1. The Morgan fingerprint density at radius 3 is 2.29 bits per heavy atom. The SMILES string of the molecule is C=CC[C@](CCC)(C[C@@H](OCc1ccccc1)c1ccccc1)C(=O)OCC. The Kier molecular flexibility index (Phi) is 8.96. The van der Waals surface area contributed by atoms with Crippen LogP contribution in [0.4, 0.5) is 0 Å². The average molecular weight is 381 g/mol. The number of benzene rings is 2. The molecule has 28 heavy (non-hydrogen) atoms. The van der Waals surface area contributed by atoms with Gasteiger partial charge >= 0.3 is 5.97 Å². The zero-order valence-electron chi connectivity index (χ0n) is 17.1. The van der Waals surface area contributed by atoms with Gasteiger partial charge in [0.1, 0.15) is 0 Å². The van der Waals surface area contributed by atoms with Crippen LogP contribution >= 0.6 is 0 Å². The van der Waals surface area contributed by atoms with E-state index in [9.17, 15) is 4.79 Å². The van der Waals surface area contributed by atoms with Crippen LogP contribution in [-0.4, -0.2) is 12.6 Å². The van der Waals surface area contributed by atoms with E-state index >= 15 is 0 Å². The number of esters is 1. The lowest BCUT2D eigenvalue weighted by molar-refractivity contribution is -0.159. The molecule has 0 bridgehead atoms. The van der Waals surface area contributed by atoms with Crippen molar-refractivity contribution >= 4 is 5.97 Å². The Labute approximate surface area is 169 Å². The number of hydrogen-bond acceptors (Lipinski definition) is 3. The normalized spacial score (nSPS) is 14.1. The standard InChI is InChI=1S/C25H32O3/c1-4-17-25(18-5-2,24(26)27-6-3)19-23(22-15-11-8-12-16-22)28-20-21-13-9-7-10-14-21/h4,7-16,23H,1,5-6,17-20H2,2-3H3/t23-,25+/m1/s1. The van der Waals surface area contributed by atoms with Gasteiger partial charge in [0.05, 0.1) is 24.7 Å². The summed E-state index contributed by atoms with van der Waals surface area (Å²) >= 11 is 0. The highest BCUT2D eigenvalue weighted by Gasteiger charge is 2.40. The third-order valence-corrected chi connectivity index (χ3v) is 5.01. The second-order valence-electron chi connectivity index (χ2n) is 7.14. The van der Waals surface area contributed by atoms with Crippen LogP contribution in [0, 0.1) is 5.41 Å². The first-order valence-electron chi connectivity index (χ1n) is 10.1. The number of rotatable bonds is 12. The lowest BCUT2D eigenvalue weighted by atomic mass is 9.74. The van der Waals surface area contributed by atoms with Gasteiger partial charge in [-0.1, -0.05) is 80.1 Å². The highest BCUT2D eigenvalue weighted by atomic mass is 16.5. The number of allylic oxidation sites excluding steroid dienone is 1. The molecule has 3 nitrogen and oxygen atoms in total. The Balaban J connectivity index is 2.30. The molecular formula is C25H32O3. The molecule has 0 aliphatic carbocycles. The van der Waals surface area contributed by atoms with Gasteiger partial charge < -0.3 is 9.47 Å². The summed E-state index contributed by atoms with van der Waals surface area (Å²) in [6.45, 7) is 8.72. The van der Waals surface area contributed by atoms with E-state index in [1.165, 1.54) is 0 Å². The maximum Gasteiger partial charge on any atom is 0.312 e. The second kappa shape index (κ2) is 11.5. The van der Waals surface area contributed by atoms with Gasteiger partial charge in [0.2, 0.25) is 0 Å². The first kappa shape index (κ1) is 21.9. The molecule has 0 saturated heterocycles. The van der Waals surface area contributed by atoms with Gasteiger partial charge in [-0.3, -0.25) is 4.79 Å². The van der Waals surface area contributed by atoms with Crippen LogP contribution in [-0.2, 0) is 20.9 Å². The van der Waals surface area contributed by atoms with Crippen LogP contribution in [0.3, 0.4) is 0 Å². The zero-order valence-corrected chi connectivity index (χ0v) is 17.1. The molecule has 2 aromatic carbocycles. The average Bonchev–Trinajstić information content (AvgIpc) is 2.73.